The van der Waals surface area contributed by atoms with E-state index in [0.717, 1.165) is 18.7 Å². The van der Waals surface area contributed by atoms with E-state index in [1.807, 2.05) is 14.1 Å². The Hall–Kier alpha value is -1.04. The summed E-state index contributed by atoms with van der Waals surface area (Å²) >= 11 is 0. The van der Waals surface area contributed by atoms with Crippen LogP contribution in [0, 0.1) is 0 Å². The largest absolute Gasteiger partial charge is 0.309 e. The molecule has 0 aliphatic heterocycles. The highest BCUT2D eigenvalue weighted by Gasteiger charge is 2.10. The summed E-state index contributed by atoms with van der Waals surface area (Å²) in [4.78, 5) is 10.3. The van der Waals surface area contributed by atoms with Gasteiger partial charge in [0, 0.05) is 12.4 Å². The molecule has 1 aromatic rings. The van der Waals surface area contributed by atoms with E-state index in [1.165, 1.54) is 0 Å². The molecule has 0 saturated carbocycles. The van der Waals surface area contributed by atoms with E-state index in [4.69, 9.17) is 5.84 Å². The van der Waals surface area contributed by atoms with Gasteiger partial charge in [-0.05, 0) is 27.1 Å². The first-order valence-electron chi connectivity index (χ1n) is 4.61. The number of hydrogen-bond acceptors (Lipinski definition) is 5. The number of rotatable bonds is 5. The van der Waals surface area contributed by atoms with Gasteiger partial charge < -0.3 is 4.90 Å². The molecule has 3 N–H and O–H groups in total. The van der Waals surface area contributed by atoms with E-state index >= 15 is 0 Å². The maximum atomic E-state index is 5.45. The normalized spacial score (nSPS) is 13.1. The van der Waals surface area contributed by atoms with Crippen LogP contribution in [0.3, 0.4) is 0 Å². The molecule has 0 radical (unpaired) electrons. The Morgan fingerprint density at radius 3 is 2.79 bits per heavy atom. The van der Waals surface area contributed by atoms with E-state index in [-0.39, 0.29) is 6.04 Å². The third-order valence-electron chi connectivity index (χ3n) is 2.01. The Morgan fingerprint density at radius 2 is 2.29 bits per heavy atom. The van der Waals surface area contributed by atoms with Crippen LogP contribution >= 0.6 is 0 Å². The molecule has 1 unspecified atom stereocenters. The number of aromatic nitrogens is 2. The van der Waals surface area contributed by atoms with Crippen LogP contribution in [0.25, 0.3) is 0 Å². The summed E-state index contributed by atoms with van der Waals surface area (Å²) in [6.45, 7) is 0.964. The van der Waals surface area contributed by atoms with Crippen molar-refractivity contribution in [2.75, 3.05) is 20.6 Å². The average Bonchev–Trinajstić information content (AvgIpc) is 2.20. The molecule has 0 fully saturated rings. The van der Waals surface area contributed by atoms with E-state index in [9.17, 15) is 0 Å². The van der Waals surface area contributed by atoms with Crippen LogP contribution in [-0.2, 0) is 0 Å². The Bertz CT molecular complexity index is 249. The van der Waals surface area contributed by atoms with Crippen molar-refractivity contribution in [3.05, 3.63) is 24.3 Å². The standard InChI is InChI=1S/C9H17N5/c1-14(2)6-3-8(13-10)9-7-11-4-5-12-9/h4-5,7-8,13H,3,6,10H2,1-2H3. The van der Waals surface area contributed by atoms with Gasteiger partial charge in [0.1, 0.15) is 0 Å². The molecule has 78 valence electrons. The Balaban J connectivity index is 2.54. The highest BCUT2D eigenvalue weighted by Crippen LogP contribution is 2.11. The Kier molecular flexibility index (Phi) is 4.45. The predicted octanol–water partition coefficient (Wildman–Crippen LogP) is -0.0673. The Morgan fingerprint density at radius 1 is 1.50 bits per heavy atom. The fraction of sp³-hybridized carbons (Fsp3) is 0.556. The molecule has 0 saturated heterocycles. The van der Waals surface area contributed by atoms with Gasteiger partial charge in [-0.3, -0.25) is 21.2 Å². The molecule has 14 heavy (non-hydrogen) atoms. The number of nitrogens with two attached hydrogens (primary N) is 1. The lowest BCUT2D eigenvalue weighted by atomic mass is 10.1. The fourth-order valence-corrected chi connectivity index (χ4v) is 1.19. The van der Waals surface area contributed by atoms with Gasteiger partial charge in [0.2, 0.25) is 0 Å². The number of nitrogens with zero attached hydrogens (tertiary/aromatic N) is 3. The second-order valence-electron chi connectivity index (χ2n) is 3.44. The van der Waals surface area contributed by atoms with Gasteiger partial charge in [0.25, 0.3) is 0 Å². The van der Waals surface area contributed by atoms with Crippen molar-refractivity contribution in [3.8, 4) is 0 Å². The molecule has 0 aliphatic carbocycles. The zero-order valence-corrected chi connectivity index (χ0v) is 8.64. The summed E-state index contributed by atoms with van der Waals surface area (Å²) in [5.41, 5.74) is 3.63. The highest BCUT2D eigenvalue weighted by molar-refractivity contribution is 5.01. The molecular weight excluding hydrogens is 178 g/mol. The summed E-state index contributed by atoms with van der Waals surface area (Å²) in [6, 6.07) is 0.0751. The number of nitrogens with one attached hydrogen (secondary N) is 1. The number of hydrazine groups is 1. The first-order chi connectivity index (χ1) is 6.74. The van der Waals surface area contributed by atoms with Gasteiger partial charge in [-0.2, -0.15) is 0 Å². The minimum Gasteiger partial charge on any atom is -0.309 e. The highest BCUT2D eigenvalue weighted by atomic mass is 15.2. The first-order valence-corrected chi connectivity index (χ1v) is 4.61. The van der Waals surface area contributed by atoms with Crippen molar-refractivity contribution in [3.63, 3.8) is 0 Å². The van der Waals surface area contributed by atoms with Crippen LogP contribution in [0.15, 0.2) is 18.6 Å². The molecule has 5 heteroatoms. The lowest BCUT2D eigenvalue weighted by Crippen LogP contribution is -2.31. The maximum Gasteiger partial charge on any atom is 0.0770 e. The van der Waals surface area contributed by atoms with E-state index in [0.29, 0.717) is 0 Å². The van der Waals surface area contributed by atoms with Gasteiger partial charge in [-0.1, -0.05) is 0 Å². The van der Waals surface area contributed by atoms with Crippen molar-refractivity contribution in [2.45, 2.75) is 12.5 Å². The van der Waals surface area contributed by atoms with Gasteiger partial charge >= 0.3 is 0 Å². The smallest absolute Gasteiger partial charge is 0.0770 e. The van der Waals surface area contributed by atoms with Gasteiger partial charge in [0.15, 0.2) is 0 Å². The molecule has 5 nitrogen and oxygen atoms in total. The third kappa shape index (κ3) is 3.37. The molecule has 0 spiro atoms. The van der Waals surface area contributed by atoms with E-state index in [1.54, 1.807) is 18.6 Å². The van der Waals surface area contributed by atoms with Gasteiger partial charge in [0.05, 0.1) is 17.9 Å². The van der Waals surface area contributed by atoms with Crippen molar-refractivity contribution in [1.29, 1.82) is 0 Å². The van der Waals surface area contributed by atoms with E-state index < -0.39 is 0 Å². The number of hydrogen-bond donors (Lipinski definition) is 2. The minimum atomic E-state index is 0.0751. The first kappa shape index (κ1) is 11.0. The minimum absolute atomic E-state index is 0.0751. The summed E-state index contributed by atoms with van der Waals surface area (Å²) in [5, 5.41) is 0. The molecule has 0 amide bonds. The molecule has 0 aromatic carbocycles. The summed E-state index contributed by atoms with van der Waals surface area (Å²) < 4.78 is 0. The van der Waals surface area contributed by atoms with Crippen molar-refractivity contribution in [2.24, 2.45) is 5.84 Å². The summed E-state index contributed by atoms with van der Waals surface area (Å²) in [7, 11) is 4.06. The van der Waals surface area contributed by atoms with Crippen LogP contribution in [-0.4, -0.2) is 35.5 Å². The second-order valence-corrected chi connectivity index (χ2v) is 3.44. The lowest BCUT2D eigenvalue weighted by molar-refractivity contribution is 0.360. The monoisotopic (exact) mass is 195 g/mol. The zero-order chi connectivity index (χ0) is 10.4. The molecule has 1 rings (SSSR count). The molecule has 1 heterocycles. The fourth-order valence-electron chi connectivity index (χ4n) is 1.19. The molecule has 0 bridgehead atoms. The van der Waals surface area contributed by atoms with Crippen molar-refractivity contribution in [1.82, 2.24) is 20.3 Å². The molecular formula is C9H17N5. The van der Waals surface area contributed by atoms with Gasteiger partial charge in [-0.25, -0.2) is 0 Å². The topological polar surface area (TPSA) is 67.1 Å². The van der Waals surface area contributed by atoms with Crippen LogP contribution in [0.2, 0.25) is 0 Å². The predicted molar refractivity (Wildman–Crippen MR) is 55.3 cm³/mol. The molecule has 0 aliphatic rings. The average molecular weight is 195 g/mol. The van der Waals surface area contributed by atoms with Gasteiger partial charge in [-0.15, -0.1) is 0 Å². The SMILES string of the molecule is CN(C)CCC(NN)c1cnccn1. The second kappa shape index (κ2) is 5.64. The van der Waals surface area contributed by atoms with Crippen molar-refractivity contribution >= 4 is 0 Å². The van der Waals surface area contributed by atoms with Crippen LogP contribution in [0.4, 0.5) is 0 Å². The van der Waals surface area contributed by atoms with Crippen LogP contribution < -0.4 is 11.3 Å². The third-order valence-corrected chi connectivity index (χ3v) is 2.01. The van der Waals surface area contributed by atoms with E-state index in [2.05, 4.69) is 20.3 Å². The molecule has 1 atom stereocenters. The van der Waals surface area contributed by atoms with Crippen molar-refractivity contribution < 1.29 is 0 Å². The molecule has 1 aromatic heterocycles. The quantitative estimate of drug-likeness (QED) is 0.508. The van der Waals surface area contributed by atoms with Crippen LogP contribution in [0.1, 0.15) is 18.2 Å². The van der Waals surface area contributed by atoms with Crippen LogP contribution in [0.5, 0.6) is 0 Å². The maximum absolute atomic E-state index is 5.45. The lowest BCUT2D eigenvalue weighted by Gasteiger charge is -2.17. The zero-order valence-electron chi connectivity index (χ0n) is 8.64. The summed E-state index contributed by atoms with van der Waals surface area (Å²) in [6.07, 6.45) is 5.99. The summed E-state index contributed by atoms with van der Waals surface area (Å²) in [5.74, 6) is 5.45. The Labute approximate surface area is 84.3 Å².